The van der Waals surface area contributed by atoms with Gasteiger partial charge < -0.3 is 19.5 Å². The monoisotopic (exact) mass is 373 g/mol. The molecule has 0 spiro atoms. The maximum Gasteiger partial charge on any atom is 0.341 e. The lowest BCUT2D eigenvalue weighted by Gasteiger charge is -2.30. The second kappa shape index (κ2) is 6.64. The van der Waals surface area contributed by atoms with Crippen LogP contribution >= 0.6 is 11.3 Å². The average Bonchev–Trinajstić information content (AvgIpc) is 3.21. The SMILES string of the molecule is COC(=O)c1c(NC(=O)[C@@H]2Oc3ccccc3O[C@@H]2C)sc2c1CCC2. The van der Waals surface area contributed by atoms with Crippen molar-refractivity contribution in [2.45, 2.75) is 38.4 Å². The van der Waals surface area contributed by atoms with Gasteiger partial charge in [0.15, 0.2) is 11.5 Å². The van der Waals surface area contributed by atoms with Crippen LogP contribution in [0.5, 0.6) is 11.5 Å². The lowest BCUT2D eigenvalue weighted by molar-refractivity contribution is -0.127. The Hall–Kier alpha value is -2.54. The molecule has 1 aromatic carbocycles. The first-order chi connectivity index (χ1) is 12.6. The predicted octanol–water partition coefficient (Wildman–Crippen LogP) is 3.19. The van der Waals surface area contributed by atoms with E-state index in [9.17, 15) is 9.59 Å². The smallest absolute Gasteiger partial charge is 0.341 e. The number of esters is 1. The molecule has 2 atom stereocenters. The lowest BCUT2D eigenvalue weighted by atomic mass is 10.1. The van der Waals surface area contributed by atoms with E-state index >= 15 is 0 Å². The van der Waals surface area contributed by atoms with Gasteiger partial charge in [-0.15, -0.1) is 11.3 Å². The largest absolute Gasteiger partial charge is 0.482 e. The standard InChI is InChI=1S/C19H19NO5S/c1-10-16(25-13-8-4-3-7-12(13)24-10)17(21)20-18-15(19(22)23-2)11-6-5-9-14(11)26-18/h3-4,7-8,10,16H,5-6,9H2,1-2H3,(H,20,21)/t10-,16-/m1/s1. The quantitative estimate of drug-likeness (QED) is 0.837. The molecule has 0 radical (unpaired) electrons. The normalized spacial score (nSPS) is 20.4. The zero-order valence-corrected chi connectivity index (χ0v) is 15.4. The Morgan fingerprint density at radius 1 is 1.19 bits per heavy atom. The summed E-state index contributed by atoms with van der Waals surface area (Å²) in [6.07, 6.45) is 1.53. The van der Waals surface area contributed by atoms with Crippen molar-refractivity contribution < 1.29 is 23.8 Å². The molecule has 0 unspecified atom stereocenters. The van der Waals surface area contributed by atoms with Crippen molar-refractivity contribution in [3.8, 4) is 11.5 Å². The van der Waals surface area contributed by atoms with E-state index in [1.54, 1.807) is 19.1 Å². The number of benzene rings is 1. The molecule has 4 rings (SSSR count). The van der Waals surface area contributed by atoms with E-state index in [-0.39, 0.29) is 5.91 Å². The van der Waals surface area contributed by atoms with Crippen LogP contribution in [0.4, 0.5) is 5.00 Å². The maximum absolute atomic E-state index is 12.8. The topological polar surface area (TPSA) is 73.9 Å². The van der Waals surface area contributed by atoms with Gasteiger partial charge in [-0.3, -0.25) is 4.79 Å². The molecule has 136 valence electrons. The molecule has 6 nitrogen and oxygen atoms in total. The average molecular weight is 373 g/mol. The van der Waals surface area contributed by atoms with Crippen LogP contribution in [0.25, 0.3) is 0 Å². The lowest BCUT2D eigenvalue weighted by Crippen LogP contribution is -2.46. The summed E-state index contributed by atoms with van der Waals surface area (Å²) in [6.45, 7) is 1.79. The highest BCUT2D eigenvalue weighted by molar-refractivity contribution is 7.17. The van der Waals surface area contributed by atoms with Crippen molar-refractivity contribution in [2.75, 3.05) is 12.4 Å². The fourth-order valence-corrected chi connectivity index (χ4v) is 4.68. The van der Waals surface area contributed by atoms with Crippen LogP contribution in [-0.2, 0) is 22.4 Å². The van der Waals surface area contributed by atoms with Gasteiger partial charge in [-0.2, -0.15) is 0 Å². The summed E-state index contributed by atoms with van der Waals surface area (Å²) in [7, 11) is 1.35. The predicted molar refractivity (Wildman–Crippen MR) is 97.3 cm³/mol. The van der Waals surface area contributed by atoms with Crippen molar-refractivity contribution in [3.63, 3.8) is 0 Å². The van der Waals surface area contributed by atoms with E-state index in [2.05, 4.69) is 5.32 Å². The molecule has 0 saturated heterocycles. The van der Waals surface area contributed by atoms with E-state index in [0.29, 0.717) is 22.1 Å². The highest BCUT2D eigenvalue weighted by Gasteiger charge is 2.36. The Bertz CT molecular complexity index is 875. The number of rotatable bonds is 3. The fraction of sp³-hybridized carbons (Fsp3) is 0.368. The Labute approximate surface area is 155 Å². The van der Waals surface area contributed by atoms with Gasteiger partial charge in [0.2, 0.25) is 6.10 Å². The van der Waals surface area contributed by atoms with E-state index in [1.807, 2.05) is 12.1 Å². The first kappa shape index (κ1) is 16.9. The molecule has 1 amide bonds. The second-order valence-electron chi connectivity index (χ2n) is 6.35. The first-order valence-corrected chi connectivity index (χ1v) is 9.36. The number of ether oxygens (including phenoxy) is 3. The van der Waals surface area contributed by atoms with Gasteiger partial charge in [0.05, 0.1) is 12.7 Å². The number of carbonyl (C=O) groups is 2. The summed E-state index contributed by atoms with van der Waals surface area (Å²) in [5.41, 5.74) is 1.47. The third-order valence-corrected chi connectivity index (χ3v) is 5.86. The number of hydrogen-bond acceptors (Lipinski definition) is 6. The summed E-state index contributed by atoms with van der Waals surface area (Å²) in [5.74, 6) is 0.401. The van der Waals surface area contributed by atoms with Crippen LogP contribution in [0.2, 0.25) is 0 Å². The Balaban J connectivity index is 1.59. The van der Waals surface area contributed by atoms with Gasteiger partial charge in [-0.25, -0.2) is 4.79 Å². The van der Waals surface area contributed by atoms with Gasteiger partial charge in [0.25, 0.3) is 5.91 Å². The van der Waals surface area contributed by atoms with Gasteiger partial charge >= 0.3 is 5.97 Å². The number of amides is 1. The van der Waals surface area contributed by atoms with Crippen molar-refractivity contribution in [2.24, 2.45) is 0 Å². The summed E-state index contributed by atoms with van der Waals surface area (Å²) in [5, 5.41) is 3.39. The molecule has 1 aromatic heterocycles. The fourth-order valence-electron chi connectivity index (χ4n) is 3.40. The summed E-state index contributed by atoms with van der Waals surface area (Å²) in [6, 6.07) is 7.25. The molecule has 7 heteroatoms. The number of methoxy groups -OCH3 is 1. The third kappa shape index (κ3) is 2.82. The Morgan fingerprint density at radius 2 is 1.92 bits per heavy atom. The molecule has 1 aliphatic carbocycles. The van der Waals surface area contributed by atoms with Crippen molar-refractivity contribution in [1.29, 1.82) is 0 Å². The third-order valence-electron chi connectivity index (χ3n) is 4.65. The number of thiophene rings is 1. The molecular weight excluding hydrogens is 354 g/mol. The summed E-state index contributed by atoms with van der Waals surface area (Å²) >= 11 is 1.44. The Kier molecular flexibility index (Phi) is 4.32. The number of anilines is 1. The minimum atomic E-state index is -0.799. The van der Waals surface area contributed by atoms with Gasteiger partial charge in [-0.05, 0) is 43.9 Å². The van der Waals surface area contributed by atoms with Gasteiger partial charge in [0.1, 0.15) is 11.1 Å². The number of para-hydroxylation sites is 2. The van der Waals surface area contributed by atoms with E-state index in [0.717, 1.165) is 29.7 Å². The van der Waals surface area contributed by atoms with Crippen LogP contribution in [0.15, 0.2) is 24.3 Å². The molecule has 1 N–H and O–H groups in total. The number of hydrogen-bond donors (Lipinski definition) is 1. The number of aryl methyl sites for hydroxylation is 1. The Morgan fingerprint density at radius 3 is 2.65 bits per heavy atom. The first-order valence-electron chi connectivity index (χ1n) is 8.54. The number of carbonyl (C=O) groups excluding carboxylic acids is 2. The van der Waals surface area contributed by atoms with Gasteiger partial charge in [-0.1, -0.05) is 12.1 Å². The molecule has 2 heterocycles. The zero-order chi connectivity index (χ0) is 18.3. The highest BCUT2D eigenvalue weighted by Crippen LogP contribution is 2.40. The molecule has 0 fully saturated rings. The van der Waals surface area contributed by atoms with Crippen LogP contribution in [0.3, 0.4) is 0 Å². The number of fused-ring (bicyclic) bond motifs is 2. The molecule has 0 saturated carbocycles. The number of nitrogens with one attached hydrogen (secondary N) is 1. The summed E-state index contributed by atoms with van der Waals surface area (Å²) < 4.78 is 16.5. The molecule has 2 aliphatic rings. The zero-order valence-electron chi connectivity index (χ0n) is 14.5. The van der Waals surface area contributed by atoms with Crippen molar-refractivity contribution >= 4 is 28.2 Å². The van der Waals surface area contributed by atoms with Crippen molar-refractivity contribution in [1.82, 2.24) is 0 Å². The van der Waals surface area contributed by atoms with E-state index in [1.165, 1.54) is 18.4 Å². The minimum absolute atomic E-state index is 0.336. The van der Waals surface area contributed by atoms with Gasteiger partial charge in [0, 0.05) is 4.88 Å². The van der Waals surface area contributed by atoms with Crippen molar-refractivity contribution in [3.05, 3.63) is 40.3 Å². The van der Waals surface area contributed by atoms with E-state index in [4.69, 9.17) is 14.2 Å². The molecule has 2 aromatic rings. The minimum Gasteiger partial charge on any atom is -0.482 e. The van der Waals surface area contributed by atoms with Crippen LogP contribution in [-0.4, -0.2) is 31.2 Å². The summed E-state index contributed by atoms with van der Waals surface area (Å²) in [4.78, 5) is 26.2. The second-order valence-corrected chi connectivity index (χ2v) is 7.46. The molecule has 26 heavy (non-hydrogen) atoms. The molecule has 1 aliphatic heterocycles. The van der Waals surface area contributed by atoms with Crippen LogP contribution in [0.1, 0.15) is 34.1 Å². The van der Waals surface area contributed by atoms with Crippen LogP contribution in [0, 0.1) is 0 Å². The molecular formula is C19H19NO5S. The maximum atomic E-state index is 12.8. The van der Waals surface area contributed by atoms with Crippen LogP contribution < -0.4 is 14.8 Å². The highest BCUT2D eigenvalue weighted by atomic mass is 32.1. The molecule has 0 bridgehead atoms. The van der Waals surface area contributed by atoms with E-state index < -0.39 is 18.2 Å².